The van der Waals surface area contributed by atoms with E-state index in [1.54, 1.807) is 37.1 Å². The maximum atomic E-state index is 12.6. The molecule has 2 rings (SSSR count). The van der Waals surface area contributed by atoms with Gasteiger partial charge in [0.1, 0.15) is 5.69 Å². The van der Waals surface area contributed by atoms with E-state index in [1.165, 1.54) is 16.4 Å². The molecular weight excluding hydrogens is 362 g/mol. The molecule has 25 heavy (non-hydrogen) atoms. The van der Waals surface area contributed by atoms with Crippen molar-refractivity contribution in [1.29, 1.82) is 0 Å². The van der Waals surface area contributed by atoms with Crippen molar-refractivity contribution >= 4 is 32.7 Å². The zero-order valence-corrected chi connectivity index (χ0v) is 16.0. The van der Waals surface area contributed by atoms with E-state index in [9.17, 15) is 18.5 Å². The van der Waals surface area contributed by atoms with E-state index in [0.29, 0.717) is 25.3 Å². The molecule has 0 aliphatic heterocycles. The lowest BCUT2D eigenvalue weighted by Crippen LogP contribution is -2.30. The van der Waals surface area contributed by atoms with Crippen LogP contribution < -0.4 is 4.90 Å². The number of thiophene rings is 1. The van der Waals surface area contributed by atoms with Gasteiger partial charge in [-0.2, -0.15) is 4.31 Å². The van der Waals surface area contributed by atoms with Crippen LogP contribution in [0.1, 0.15) is 18.7 Å². The molecule has 2 aromatic rings. The summed E-state index contributed by atoms with van der Waals surface area (Å²) in [7, 11) is -1.99. The molecule has 1 heterocycles. The summed E-state index contributed by atoms with van der Waals surface area (Å²) in [6, 6.07) is 7.95. The Kier molecular flexibility index (Phi) is 6.15. The summed E-state index contributed by atoms with van der Waals surface area (Å²) in [6.45, 7) is 4.61. The minimum atomic E-state index is -3.74. The summed E-state index contributed by atoms with van der Waals surface area (Å²) >= 11 is 1.56. The highest BCUT2D eigenvalue weighted by molar-refractivity contribution is 7.89. The van der Waals surface area contributed by atoms with E-state index in [0.717, 1.165) is 10.9 Å². The molecule has 0 fully saturated rings. The molecule has 1 aromatic carbocycles. The molecule has 0 amide bonds. The first-order valence-corrected chi connectivity index (χ1v) is 10.1. The van der Waals surface area contributed by atoms with Crippen molar-refractivity contribution in [3.05, 3.63) is 50.7 Å². The SMILES string of the molecule is CCN(CC)S(=O)(=O)c1ccc(N(C)Cc2cccs2)c([N+](=O)[O-])c1. The average molecular weight is 383 g/mol. The second kappa shape index (κ2) is 7.94. The Morgan fingerprint density at radius 1 is 1.20 bits per heavy atom. The lowest BCUT2D eigenvalue weighted by Gasteiger charge is -2.21. The van der Waals surface area contributed by atoms with E-state index in [4.69, 9.17) is 0 Å². The molecule has 0 unspecified atom stereocenters. The van der Waals surface area contributed by atoms with E-state index in [2.05, 4.69) is 0 Å². The molecular formula is C16H21N3O4S2. The fourth-order valence-electron chi connectivity index (χ4n) is 2.57. The number of nitrogens with zero attached hydrogens (tertiary/aromatic N) is 3. The zero-order chi connectivity index (χ0) is 18.6. The van der Waals surface area contributed by atoms with E-state index >= 15 is 0 Å². The Bertz CT molecular complexity index is 831. The number of anilines is 1. The fourth-order valence-corrected chi connectivity index (χ4v) is 4.80. The van der Waals surface area contributed by atoms with Crippen LogP contribution in [-0.4, -0.2) is 37.8 Å². The smallest absolute Gasteiger partial charge is 0.293 e. The van der Waals surface area contributed by atoms with Gasteiger partial charge in [0.2, 0.25) is 10.0 Å². The van der Waals surface area contributed by atoms with Gasteiger partial charge in [0.25, 0.3) is 5.69 Å². The van der Waals surface area contributed by atoms with Gasteiger partial charge < -0.3 is 4.90 Å². The first-order valence-electron chi connectivity index (χ1n) is 7.83. The highest BCUT2D eigenvalue weighted by atomic mass is 32.2. The van der Waals surface area contributed by atoms with Crippen molar-refractivity contribution in [3.8, 4) is 0 Å². The van der Waals surface area contributed by atoms with Gasteiger partial charge in [0.05, 0.1) is 16.4 Å². The molecule has 1 aromatic heterocycles. The lowest BCUT2D eigenvalue weighted by atomic mass is 10.2. The van der Waals surface area contributed by atoms with Crippen LogP contribution in [0.2, 0.25) is 0 Å². The van der Waals surface area contributed by atoms with Crippen molar-refractivity contribution in [3.63, 3.8) is 0 Å². The average Bonchev–Trinajstić information content (AvgIpc) is 3.08. The van der Waals surface area contributed by atoms with Gasteiger partial charge in [-0.05, 0) is 23.6 Å². The van der Waals surface area contributed by atoms with Crippen molar-refractivity contribution < 1.29 is 13.3 Å². The van der Waals surface area contributed by atoms with Gasteiger partial charge in [-0.25, -0.2) is 8.42 Å². The molecule has 136 valence electrons. The summed E-state index contributed by atoms with van der Waals surface area (Å²) in [5.74, 6) is 0. The fraction of sp³-hybridized carbons (Fsp3) is 0.375. The lowest BCUT2D eigenvalue weighted by molar-refractivity contribution is -0.384. The Morgan fingerprint density at radius 2 is 1.88 bits per heavy atom. The summed E-state index contributed by atoms with van der Waals surface area (Å²) in [5.41, 5.74) is 0.171. The number of hydrogen-bond donors (Lipinski definition) is 0. The second-order valence-electron chi connectivity index (χ2n) is 5.43. The predicted molar refractivity (Wildman–Crippen MR) is 99.6 cm³/mol. The van der Waals surface area contributed by atoms with Crippen molar-refractivity contribution in [1.82, 2.24) is 4.31 Å². The highest BCUT2D eigenvalue weighted by Crippen LogP contribution is 2.32. The van der Waals surface area contributed by atoms with Crippen LogP contribution in [0.5, 0.6) is 0 Å². The highest BCUT2D eigenvalue weighted by Gasteiger charge is 2.26. The van der Waals surface area contributed by atoms with Gasteiger partial charge in [-0.3, -0.25) is 10.1 Å². The second-order valence-corrected chi connectivity index (χ2v) is 8.40. The summed E-state index contributed by atoms with van der Waals surface area (Å²) in [5, 5.41) is 13.4. The van der Waals surface area contributed by atoms with E-state index < -0.39 is 14.9 Å². The third-order valence-electron chi connectivity index (χ3n) is 3.87. The molecule has 0 N–H and O–H groups in total. The van der Waals surface area contributed by atoms with Crippen LogP contribution in [0.15, 0.2) is 40.6 Å². The number of rotatable bonds is 8. The Balaban J connectivity index is 2.42. The molecule has 0 bridgehead atoms. The molecule has 0 atom stereocenters. The molecule has 9 heteroatoms. The first-order chi connectivity index (χ1) is 11.8. The van der Waals surface area contributed by atoms with Crippen molar-refractivity contribution in [2.24, 2.45) is 0 Å². The first kappa shape index (κ1) is 19.4. The number of hydrogen-bond acceptors (Lipinski definition) is 6. The minimum Gasteiger partial charge on any atom is -0.364 e. The predicted octanol–water partition coefficient (Wildman–Crippen LogP) is 3.32. The van der Waals surface area contributed by atoms with Gasteiger partial charge >= 0.3 is 0 Å². The van der Waals surface area contributed by atoms with E-state index in [1.807, 2.05) is 17.5 Å². The third kappa shape index (κ3) is 4.17. The molecule has 0 spiro atoms. The van der Waals surface area contributed by atoms with Crippen LogP contribution in [0.3, 0.4) is 0 Å². The van der Waals surface area contributed by atoms with Crippen LogP contribution in [0.4, 0.5) is 11.4 Å². The number of nitro benzene ring substituents is 1. The monoisotopic (exact) mass is 383 g/mol. The third-order valence-corrected chi connectivity index (χ3v) is 6.78. The maximum absolute atomic E-state index is 12.6. The van der Waals surface area contributed by atoms with Gasteiger partial charge in [0.15, 0.2) is 0 Å². The number of benzene rings is 1. The topological polar surface area (TPSA) is 83.8 Å². The van der Waals surface area contributed by atoms with Gasteiger partial charge in [0, 0.05) is 31.1 Å². The normalized spacial score (nSPS) is 11.7. The number of sulfonamides is 1. The van der Waals surface area contributed by atoms with Crippen molar-refractivity contribution in [2.75, 3.05) is 25.0 Å². The quantitative estimate of drug-likeness (QED) is 0.516. The van der Waals surface area contributed by atoms with Gasteiger partial charge in [-0.15, -0.1) is 11.3 Å². The summed E-state index contributed by atoms with van der Waals surface area (Å²) in [4.78, 5) is 13.7. The van der Waals surface area contributed by atoms with Crippen molar-refractivity contribution in [2.45, 2.75) is 25.3 Å². The standard InChI is InChI=1S/C16H21N3O4S2/c1-4-18(5-2)25(22,23)14-8-9-15(16(11-14)19(20)21)17(3)12-13-7-6-10-24-13/h6-11H,4-5,12H2,1-3H3. The van der Waals surface area contributed by atoms with E-state index in [-0.39, 0.29) is 10.6 Å². The molecule has 0 aliphatic carbocycles. The maximum Gasteiger partial charge on any atom is 0.293 e. The van der Waals surface area contributed by atoms with Gasteiger partial charge in [-0.1, -0.05) is 19.9 Å². The molecule has 7 nitrogen and oxygen atoms in total. The van der Waals surface area contributed by atoms with Crippen LogP contribution >= 0.6 is 11.3 Å². The summed E-state index contributed by atoms with van der Waals surface area (Å²) in [6.07, 6.45) is 0. The zero-order valence-electron chi connectivity index (χ0n) is 14.4. The molecule has 0 saturated carbocycles. The number of nitro groups is 1. The Labute approximate surface area is 151 Å². The largest absolute Gasteiger partial charge is 0.364 e. The molecule has 0 aliphatic rings. The molecule has 0 saturated heterocycles. The Hall–Kier alpha value is -1.97. The van der Waals surface area contributed by atoms with Crippen LogP contribution in [0.25, 0.3) is 0 Å². The summed E-state index contributed by atoms with van der Waals surface area (Å²) < 4.78 is 26.5. The Morgan fingerprint density at radius 3 is 2.40 bits per heavy atom. The minimum absolute atomic E-state index is 0.0591. The van der Waals surface area contributed by atoms with Crippen LogP contribution in [-0.2, 0) is 16.6 Å². The van der Waals surface area contributed by atoms with Crippen LogP contribution in [0, 0.1) is 10.1 Å². The molecule has 0 radical (unpaired) electrons.